The number of nitrogens with one attached hydrogen (secondary N) is 1. The molecule has 3 aromatic carbocycles. The average Bonchev–Trinajstić information content (AvgIpc) is 3.30. The van der Waals surface area contributed by atoms with Crippen LogP contribution in [-0.2, 0) is 16.1 Å². The lowest BCUT2D eigenvalue weighted by molar-refractivity contribution is -0.129. The van der Waals surface area contributed by atoms with E-state index in [1.807, 2.05) is 24.3 Å². The number of hydrogen-bond acceptors (Lipinski definition) is 5. The Morgan fingerprint density at radius 2 is 1.82 bits per heavy atom. The average molecular weight is 585 g/mol. The van der Waals surface area contributed by atoms with Gasteiger partial charge in [-0.2, -0.15) is 0 Å². The van der Waals surface area contributed by atoms with Crippen LogP contribution in [0.3, 0.4) is 0 Å². The normalized spacial score (nSPS) is 18.4. The van der Waals surface area contributed by atoms with Crippen molar-refractivity contribution < 1.29 is 28.2 Å². The molecule has 0 radical (unpaired) electrons. The van der Waals surface area contributed by atoms with Gasteiger partial charge in [-0.1, -0.05) is 40.2 Å². The molecule has 1 amide bonds. The van der Waals surface area contributed by atoms with Gasteiger partial charge in [0.2, 0.25) is 5.90 Å². The van der Waals surface area contributed by atoms with Gasteiger partial charge in [-0.15, -0.1) is 6.58 Å². The maximum absolute atomic E-state index is 14.2. The molecule has 0 spiro atoms. The summed E-state index contributed by atoms with van der Waals surface area (Å²) in [4.78, 5) is 18.5. The number of ether oxygens (including phenoxy) is 2. The lowest BCUT2D eigenvalue weighted by atomic mass is 9.84. The van der Waals surface area contributed by atoms with E-state index in [9.17, 15) is 13.6 Å². The molecule has 0 aromatic heterocycles. The van der Waals surface area contributed by atoms with Crippen LogP contribution in [0.4, 0.5) is 8.78 Å². The molecule has 0 fully saturated rings. The lowest BCUT2D eigenvalue weighted by Gasteiger charge is -2.29. The smallest absolute Gasteiger partial charge is 0.252 e. The summed E-state index contributed by atoms with van der Waals surface area (Å²) >= 11 is 3.42. The first-order chi connectivity index (χ1) is 18.4. The number of nitrogens with zero attached hydrogens (tertiary/aromatic N) is 1. The van der Waals surface area contributed by atoms with E-state index in [0.29, 0.717) is 29.9 Å². The minimum absolute atomic E-state index is 0.0389. The highest BCUT2D eigenvalue weighted by Crippen LogP contribution is 2.43. The molecule has 0 aliphatic carbocycles. The van der Waals surface area contributed by atoms with Crippen LogP contribution in [0.15, 0.2) is 88.9 Å². The van der Waals surface area contributed by atoms with Gasteiger partial charge in [0.1, 0.15) is 17.4 Å². The Labute approximate surface area is 228 Å². The molecule has 2 N–H and O–H groups in total. The van der Waals surface area contributed by atoms with Gasteiger partial charge in [0, 0.05) is 41.6 Å². The standard InChI is InChI=1S/C29H27BrF2N2O4/c1-2-15-29(28(36)33-18-23-24(31)5-3-6-25(23)32)26(19-7-11-21(30)12-8-19)38-27(34-29)20-9-13-22(14-10-20)37-17-4-16-35/h2-3,5-14,26,35H,1,4,15-18H2,(H,33,36)/t26-,29-/m1/s1. The first-order valence-corrected chi connectivity index (χ1v) is 12.9. The first-order valence-electron chi connectivity index (χ1n) is 12.1. The number of benzene rings is 3. The van der Waals surface area contributed by atoms with Crippen LogP contribution in [0.5, 0.6) is 5.75 Å². The zero-order valence-corrected chi connectivity index (χ0v) is 22.1. The maximum atomic E-state index is 14.2. The Balaban J connectivity index is 1.68. The van der Waals surface area contributed by atoms with E-state index in [4.69, 9.17) is 19.6 Å². The molecule has 9 heteroatoms. The summed E-state index contributed by atoms with van der Waals surface area (Å²) < 4.78 is 41.2. The molecule has 0 saturated heterocycles. The number of amides is 1. The van der Waals surface area contributed by atoms with E-state index < -0.39 is 29.2 Å². The third kappa shape index (κ3) is 5.95. The molecule has 0 saturated carbocycles. The predicted molar refractivity (Wildman–Crippen MR) is 144 cm³/mol. The number of aliphatic hydroxyl groups excluding tert-OH is 1. The van der Waals surface area contributed by atoms with E-state index in [1.165, 1.54) is 6.07 Å². The Bertz CT molecular complexity index is 1290. The van der Waals surface area contributed by atoms with Crippen LogP contribution >= 0.6 is 15.9 Å². The van der Waals surface area contributed by atoms with Gasteiger partial charge in [0.15, 0.2) is 11.6 Å². The second-order valence-corrected chi connectivity index (χ2v) is 9.63. The van der Waals surface area contributed by atoms with Crippen molar-refractivity contribution in [3.05, 3.63) is 112 Å². The number of aliphatic hydroxyl groups is 1. The lowest BCUT2D eigenvalue weighted by Crippen LogP contribution is -2.48. The molecule has 0 unspecified atom stereocenters. The van der Waals surface area contributed by atoms with Crippen LogP contribution in [0, 0.1) is 11.6 Å². The quantitative estimate of drug-likeness (QED) is 0.226. The van der Waals surface area contributed by atoms with Gasteiger partial charge < -0.3 is 19.9 Å². The van der Waals surface area contributed by atoms with Gasteiger partial charge in [0.05, 0.1) is 6.61 Å². The van der Waals surface area contributed by atoms with E-state index in [1.54, 1.807) is 30.3 Å². The summed E-state index contributed by atoms with van der Waals surface area (Å²) in [7, 11) is 0. The highest BCUT2D eigenvalue weighted by Gasteiger charge is 2.52. The molecule has 3 aromatic rings. The Hall–Kier alpha value is -3.56. The highest BCUT2D eigenvalue weighted by atomic mass is 79.9. The van der Waals surface area contributed by atoms with Crippen molar-refractivity contribution in [3.8, 4) is 5.75 Å². The van der Waals surface area contributed by atoms with Gasteiger partial charge in [-0.25, -0.2) is 13.8 Å². The van der Waals surface area contributed by atoms with Crippen molar-refractivity contribution in [1.82, 2.24) is 5.32 Å². The molecule has 6 nitrogen and oxygen atoms in total. The molecule has 198 valence electrons. The molecule has 1 heterocycles. The molecular weight excluding hydrogens is 558 g/mol. The second kappa shape index (κ2) is 12.3. The number of carbonyl (C=O) groups is 1. The summed E-state index contributed by atoms with van der Waals surface area (Å²) in [6.07, 6.45) is 1.38. The predicted octanol–water partition coefficient (Wildman–Crippen LogP) is 5.64. The molecule has 4 rings (SSSR count). The first kappa shape index (κ1) is 27.5. The SMILES string of the molecule is C=CC[C@@]1(C(=O)NCc2c(F)cccc2F)N=C(c2ccc(OCCCO)cc2)O[C@@H]1c1ccc(Br)cc1. The molecule has 1 aliphatic rings. The van der Waals surface area contributed by atoms with Crippen LogP contribution in [0.1, 0.15) is 35.6 Å². The van der Waals surface area contributed by atoms with Crippen molar-refractivity contribution in [3.63, 3.8) is 0 Å². The molecule has 38 heavy (non-hydrogen) atoms. The van der Waals surface area contributed by atoms with Gasteiger partial charge in [0.25, 0.3) is 5.91 Å². The van der Waals surface area contributed by atoms with Crippen molar-refractivity contribution in [1.29, 1.82) is 0 Å². The van der Waals surface area contributed by atoms with Crippen molar-refractivity contribution >= 4 is 27.7 Å². The minimum Gasteiger partial charge on any atom is -0.494 e. The zero-order chi connectivity index (χ0) is 27.1. The van der Waals surface area contributed by atoms with Crippen molar-refractivity contribution in [2.24, 2.45) is 4.99 Å². The van der Waals surface area contributed by atoms with Crippen LogP contribution in [0.2, 0.25) is 0 Å². The van der Waals surface area contributed by atoms with Crippen molar-refractivity contribution in [2.45, 2.75) is 31.0 Å². The topological polar surface area (TPSA) is 80.2 Å². The van der Waals surface area contributed by atoms with Gasteiger partial charge in [-0.3, -0.25) is 4.79 Å². The molecule has 2 atom stereocenters. The van der Waals surface area contributed by atoms with E-state index in [0.717, 1.165) is 16.6 Å². The van der Waals surface area contributed by atoms with Crippen LogP contribution in [0.25, 0.3) is 0 Å². The largest absolute Gasteiger partial charge is 0.494 e. The summed E-state index contributed by atoms with van der Waals surface area (Å²) in [5.41, 5.74) is -0.386. The Morgan fingerprint density at radius 1 is 1.13 bits per heavy atom. The second-order valence-electron chi connectivity index (χ2n) is 8.72. The van der Waals surface area contributed by atoms with Gasteiger partial charge >= 0.3 is 0 Å². The van der Waals surface area contributed by atoms with E-state index in [-0.39, 0.29) is 31.0 Å². The number of rotatable bonds is 11. The van der Waals surface area contributed by atoms with Gasteiger partial charge in [-0.05, 0) is 54.1 Å². The van der Waals surface area contributed by atoms with Crippen LogP contribution in [-0.4, -0.2) is 35.7 Å². The zero-order valence-electron chi connectivity index (χ0n) is 20.5. The fraction of sp³-hybridized carbons (Fsp3) is 0.241. The Morgan fingerprint density at radius 3 is 2.45 bits per heavy atom. The number of carbonyl (C=O) groups excluding carboxylic acids is 1. The van der Waals surface area contributed by atoms with E-state index in [2.05, 4.69) is 27.8 Å². The molecular formula is C29H27BrF2N2O4. The number of halogens is 3. The third-order valence-electron chi connectivity index (χ3n) is 6.15. The fourth-order valence-corrected chi connectivity index (χ4v) is 4.46. The fourth-order valence-electron chi connectivity index (χ4n) is 4.20. The Kier molecular flexibility index (Phi) is 8.91. The monoisotopic (exact) mass is 584 g/mol. The molecule has 1 aliphatic heterocycles. The minimum atomic E-state index is -1.47. The summed E-state index contributed by atoms with van der Waals surface area (Å²) in [6, 6.07) is 17.9. The summed E-state index contributed by atoms with van der Waals surface area (Å²) in [5.74, 6) is -1.19. The van der Waals surface area contributed by atoms with Crippen molar-refractivity contribution in [2.75, 3.05) is 13.2 Å². The number of hydrogen-bond donors (Lipinski definition) is 2. The van der Waals surface area contributed by atoms with E-state index >= 15 is 0 Å². The maximum Gasteiger partial charge on any atom is 0.252 e. The number of aliphatic imine (C=N–C) groups is 1. The third-order valence-corrected chi connectivity index (χ3v) is 6.67. The highest BCUT2D eigenvalue weighted by molar-refractivity contribution is 9.10. The summed E-state index contributed by atoms with van der Waals surface area (Å²) in [5, 5.41) is 11.6. The molecule has 0 bridgehead atoms. The van der Waals surface area contributed by atoms with Crippen LogP contribution < -0.4 is 10.1 Å². The summed E-state index contributed by atoms with van der Waals surface area (Å²) in [6.45, 7) is 3.88.